The van der Waals surface area contributed by atoms with Crippen LogP contribution in [0.15, 0.2) is 59.7 Å². The van der Waals surface area contributed by atoms with Gasteiger partial charge in [0.15, 0.2) is 0 Å². The van der Waals surface area contributed by atoms with Crippen molar-refractivity contribution in [1.82, 2.24) is 0 Å². The maximum atomic E-state index is 13.4. The van der Waals surface area contributed by atoms with Crippen molar-refractivity contribution in [2.24, 2.45) is 5.73 Å². The standard InChI is InChI=1S/C22H24N2O6/c1-4-6-12-29-20(26)17-18(23)30-13(3)16(19(25)28-11-5-2)22(17)14-9-7-8-10-15(14)24-21(22)27/h5,7-10H,2,4,6,11-12,23H2,1,3H3,(H,24,27). The molecule has 1 unspecified atom stereocenters. The maximum absolute atomic E-state index is 13.4. The SMILES string of the molecule is C=CCOC(=O)C1=C(C)OC(N)=C(C(=O)OCCCC)C12C(=O)Nc1ccccc12. The van der Waals surface area contributed by atoms with Crippen LogP contribution >= 0.6 is 0 Å². The Morgan fingerprint density at radius 2 is 1.93 bits per heavy atom. The van der Waals surface area contributed by atoms with E-state index in [1.165, 1.54) is 13.0 Å². The third-order valence-corrected chi connectivity index (χ3v) is 5.00. The highest BCUT2D eigenvalue weighted by Gasteiger charge is 2.61. The molecule has 2 aliphatic rings. The number of ether oxygens (including phenoxy) is 3. The molecule has 0 aliphatic carbocycles. The Morgan fingerprint density at radius 3 is 2.63 bits per heavy atom. The van der Waals surface area contributed by atoms with Gasteiger partial charge in [-0.1, -0.05) is 44.2 Å². The Hall–Kier alpha value is -3.55. The zero-order valence-electron chi connectivity index (χ0n) is 16.9. The Balaban J connectivity index is 2.23. The Labute approximate surface area is 174 Å². The number of unbranched alkanes of at least 4 members (excludes halogenated alkanes) is 1. The predicted octanol–water partition coefficient (Wildman–Crippen LogP) is 2.42. The fraction of sp³-hybridized carbons (Fsp3) is 0.318. The zero-order chi connectivity index (χ0) is 21.9. The number of esters is 2. The van der Waals surface area contributed by atoms with E-state index in [-0.39, 0.29) is 36.0 Å². The lowest BCUT2D eigenvalue weighted by Gasteiger charge is -2.35. The van der Waals surface area contributed by atoms with Crippen molar-refractivity contribution in [3.63, 3.8) is 0 Å². The number of nitrogens with two attached hydrogens (primary N) is 1. The molecule has 1 amide bonds. The normalized spacial score (nSPS) is 19.9. The molecule has 158 valence electrons. The minimum Gasteiger partial charge on any atom is -0.462 e. The first-order valence-electron chi connectivity index (χ1n) is 9.65. The number of rotatable bonds is 7. The number of amides is 1. The number of anilines is 1. The van der Waals surface area contributed by atoms with Crippen LogP contribution in [0.1, 0.15) is 32.3 Å². The number of nitrogens with one attached hydrogen (secondary N) is 1. The van der Waals surface area contributed by atoms with Crippen LogP contribution in [-0.2, 0) is 34.0 Å². The summed E-state index contributed by atoms with van der Waals surface area (Å²) in [5.41, 5.74) is 4.74. The van der Waals surface area contributed by atoms with Crippen molar-refractivity contribution in [2.45, 2.75) is 32.1 Å². The van der Waals surface area contributed by atoms with Crippen LogP contribution in [0.25, 0.3) is 0 Å². The lowest BCUT2D eigenvalue weighted by Crippen LogP contribution is -2.48. The van der Waals surface area contributed by atoms with Crippen molar-refractivity contribution in [2.75, 3.05) is 18.5 Å². The van der Waals surface area contributed by atoms with E-state index in [2.05, 4.69) is 11.9 Å². The molecule has 2 heterocycles. The van der Waals surface area contributed by atoms with E-state index < -0.39 is 23.3 Å². The summed E-state index contributed by atoms with van der Waals surface area (Å²) in [4.78, 5) is 39.5. The molecule has 1 atom stereocenters. The number of allylic oxidation sites excluding steroid dienone is 1. The molecule has 3 rings (SSSR count). The van der Waals surface area contributed by atoms with E-state index in [1.54, 1.807) is 24.3 Å². The van der Waals surface area contributed by atoms with Gasteiger partial charge in [0.25, 0.3) is 0 Å². The third-order valence-electron chi connectivity index (χ3n) is 5.00. The Kier molecular flexibility index (Phi) is 5.96. The van der Waals surface area contributed by atoms with Gasteiger partial charge in [0.1, 0.15) is 28.9 Å². The fourth-order valence-electron chi connectivity index (χ4n) is 3.73. The highest BCUT2D eigenvalue weighted by molar-refractivity contribution is 6.21. The molecule has 30 heavy (non-hydrogen) atoms. The van der Waals surface area contributed by atoms with Gasteiger partial charge in [-0.2, -0.15) is 0 Å². The molecular weight excluding hydrogens is 388 g/mol. The first kappa shape index (κ1) is 21.2. The van der Waals surface area contributed by atoms with Gasteiger partial charge in [-0.3, -0.25) is 4.79 Å². The molecule has 1 aromatic rings. The van der Waals surface area contributed by atoms with E-state index in [4.69, 9.17) is 19.9 Å². The monoisotopic (exact) mass is 412 g/mol. The van der Waals surface area contributed by atoms with Crippen LogP contribution in [-0.4, -0.2) is 31.1 Å². The van der Waals surface area contributed by atoms with Crippen LogP contribution in [0.4, 0.5) is 5.69 Å². The third kappa shape index (κ3) is 3.24. The maximum Gasteiger partial charge on any atom is 0.341 e. The van der Waals surface area contributed by atoms with E-state index in [9.17, 15) is 14.4 Å². The van der Waals surface area contributed by atoms with Crippen molar-refractivity contribution in [3.8, 4) is 0 Å². The number of hydrogen-bond acceptors (Lipinski definition) is 7. The number of para-hydroxylation sites is 1. The average molecular weight is 412 g/mol. The van der Waals surface area contributed by atoms with Gasteiger partial charge in [0.05, 0.1) is 6.61 Å². The summed E-state index contributed by atoms with van der Waals surface area (Å²) in [7, 11) is 0. The van der Waals surface area contributed by atoms with Crippen LogP contribution in [0.3, 0.4) is 0 Å². The molecule has 1 aromatic carbocycles. The summed E-state index contributed by atoms with van der Waals surface area (Å²) in [6.45, 7) is 7.03. The molecular formula is C22H24N2O6. The molecule has 2 aliphatic heterocycles. The van der Waals surface area contributed by atoms with Crippen LogP contribution in [0.2, 0.25) is 0 Å². The van der Waals surface area contributed by atoms with Crippen LogP contribution < -0.4 is 11.1 Å². The second-order valence-corrected chi connectivity index (χ2v) is 6.90. The number of carbonyl (C=O) groups excluding carboxylic acids is 3. The van der Waals surface area contributed by atoms with Gasteiger partial charge in [-0.15, -0.1) is 0 Å². The fourth-order valence-corrected chi connectivity index (χ4v) is 3.73. The smallest absolute Gasteiger partial charge is 0.341 e. The summed E-state index contributed by atoms with van der Waals surface area (Å²) in [6, 6.07) is 6.76. The Morgan fingerprint density at radius 1 is 1.23 bits per heavy atom. The van der Waals surface area contributed by atoms with Crippen molar-refractivity contribution in [3.05, 3.63) is 65.3 Å². The molecule has 8 heteroatoms. The molecule has 3 N–H and O–H groups in total. The van der Waals surface area contributed by atoms with Gasteiger partial charge in [-0.25, -0.2) is 9.59 Å². The van der Waals surface area contributed by atoms with Gasteiger partial charge in [0.2, 0.25) is 11.8 Å². The van der Waals surface area contributed by atoms with Gasteiger partial charge in [-0.05, 0) is 19.4 Å². The van der Waals surface area contributed by atoms with Gasteiger partial charge in [0, 0.05) is 11.3 Å². The van der Waals surface area contributed by atoms with Crippen molar-refractivity contribution < 1.29 is 28.6 Å². The number of carbonyl (C=O) groups is 3. The van der Waals surface area contributed by atoms with E-state index >= 15 is 0 Å². The summed E-state index contributed by atoms with van der Waals surface area (Å²) in [5, 5.41) is 2.74. The van der Waals surface area contributed by atoms with E-state index in [1.807, 2.05) is 6.92 Å². The summed E-state index contributed by atoms with van der Waals surface area (Å²) < 4.78 is 16.1. The number of fused-ring (bicyclic) bond motifs is 2. The average Bonchev–Trinajstić information content (AvgIpc) is 2.98. The minimum absolute atomic E-state index is 0.0681. The first-order chi connectivity index (χ1) is 14.4. The number of hydrogen-bond donors (Lipinski definition) is 2. The number of benzene rings is 1. The lowest BCUT2D eigenvalue weighted by molar-refractivity contribution is -0.143. The van der Waals surface area contributed by atoms with Crippen molar-refractivity contribution >= 4 is 23.5 Å². The molecule has 0 saturated carbocycles. The molecule has 8 nitrogen and oxygen atoms in total. The summed E-state index contributed by atoms with van der Waals surface area (Å²) in [6.07, 6.45) is 2.85. The topological polar surface area (TPSA) is 117 Å². The van der Waals surface area contributed by atoms with E-state index in [0.29, 0.717) is 17.7 Å². The van der Waals surface area contributed by atoms with Gasteiger partial charge >= 0.3 is 11.9 Å². The Bertz CT molecular complexity index is 978. The highest BCUT2D eigenvalue weighted by Crippen LogP contribution is 2.52. The second kappa shape index (κ2) is 8.44. The predicted molar refractivity (Wildman–Crippen MR) is 109 cm³/mol. The van der Waals surface area contributed by atoms with Crippen molar-refractivity contribution in [1.29, 1.82) is 0 Å². The summed E-state index contributed by atoms with van der Waals surface area (Å²) >= 11 is 0. The molecule has 1 spiro atoms. The minimum atomic E-state index is -1.84. The molecule has 0 aromatic heterocycles. The summed E-state index contributed by atoms with van der Waals surface area (Å²) in [5.74, 6) is -2.47. The quantitative estimate of drug-likeness (QED) is 0.401. The largest absolute Gasteiger partial charge is 0.462 e. The lowest BCUT2D eigenvalue weighted by atomic mass is 9.67. The van der Waals surface area contributed by atoms with Crippen LogP contribution in [0.5, 0.6) is 0 Å². The molecule has 0 radical (unpaired) electrons. The van der Waals surface area contributed by atoms with E-state index in [0.717, 1.165) is 6.42 Å². The molecule has 0 saturated heterocycles. The van der Waals surface area contributed by atoms with Gasteiger partial charge < -0.3 is 25.3 Å². The first-order valence-corrected chi connectivity index (χ1v) is 9.65. The molecule has 0 fully saturated rings. The zero-order valence-corrected chi connectivity index (χ0v) is 16.9. The highest BCUT2D eigenvalue weighted by atomic mass is 16.5. The van der Waals surface area contributed by atoms with Crippen LogP contribution in [0, 0.1) is 0 Å². The molecule has 0 bridgehead atoms. The second-order valence-electron chi connectivity index (χ2n) is 6.90.